The van der Waals surface area contributed by atoms with E-state index in [2.05, 4.69) is 22.3 Å². The molecule has 2 aromatic carbocycles. The number of para-hydroxylation sites is 1. The Hall–Kier alpha value is -3.33. The maximum atomic E-state index is 12.9. The highest BCUT2D eigenvalue weighted by Crippen LogP contribution is 2.42. The van der Waals surface area contributed by atoms with E-state index in [9.17, 15) is 14.9 Å². The lowest BCUT2D eigenvalue weighted by atomic mass is 9.97. The fraction of sp³-hybridized carbons (Fsp3) is 0.158. The van der Waals surface area contributed by atoms with E-state index in [1.54, 1.807) is 23.2 Å². The topological polar surface area (TPSA) is 99.9 Å². The maximum absolute atomic E-state index is 12.9. The number of hydrazone groups is 1. The minimum Gasteiger partial charge on any atom is -0.360 e. The summed E-state index contributed by atoms with van der Waals surface area (Å²) >= 11 is 1.37. The molecule has 0 fully saturated rings. The van der Waals surface area contributed by atoms with Crippen molar-refractivity contribution in [3.8, 4) is 0 Å². The zero-order chi connectivity index (χ0) is 19.7. The molecule has 0 aliphatic carbocycles. The molecule has 2 aliphatic heterocycles. The van der Waals surface area contributed by atoms with Crippen LogP contribution in [0.1, 0.15) is 23.3 Å². The number of fused-ring (bicyclic) bond motifs is 3. The molecule has 0 bridgehead atoms. The van der Waals surface area contributed by atoms with Gasteiger partial charge in [-0.3, -0.25) is 19.9 Å². The first-order chi connectivity index (χ1) is 13.6. The molecule has 2 heterocycles. The van der Waals surface area contributed by atoms with Gasteiger partial charge in [-0.25, -0.2) is 0 Å². The highest BCUT2D eigenvalue weighted by Gasteiger charge is 2.42. The number of amidine groups is 1. The van der Waals surface area contributed by atoms with Gasteiger partial charge in [-0.1, -0.05) is 48.2 Å². The number of amides is 1. The number of nitro benzene ring substituents is 1. The number of anilines is 1. The summed E-state index contributed by atoms with van der Waals surface area (Å²) in [6, 6.07) is 13.2. The molecule has 0 saturated carbocycles. The van der Waals surface area contributed by atoms with Crippen molar-refractivity contribution >= 4 is 34.2 Å². The van der Waals surface area contributed by atoms with Gasteiger partial charge in [0.15, 0.2) is 11.2 Å². The van der Waals surface area contributed by atoms with Gasteiger partial charge >= 0.3 is 0 Å². The zero-order valence-corrected chi connectivity index (χ0v) is 15.6. The van der Waals surface area contributed by atoms with Crippen LogP contribution in [-0.2, 0) is 4.79 Å². The Balaban J connectivity index is 1.81. The van der Waals surface area contributed by atoms with Gasteiger partial charge in [0, 0.05) is 34.7 Å². The summed E-state index contributed by atoms with van der Waals surface area (Å²) in [5.74, 6) is 0.411. The highest BCUT2D eigenvalue weighted by molar-refractivity contribution is 8.14. The number of hydrogen-bond acceptors (Lipinski definition) is 7. The number of non-ortho nitro benzene ring substituents is 1. The first-order valence-electron chi connectivity index (χ1n) is 8.60. The lowest BCUT2D eigenvalue weighted by molar-refractivity contribution is -0.384. The van der Waals surface area contributed by atoms with Gasteiger partial charge in [0.1, 0.15) is 6.17 Å². The van der Waals surface area contributed by atoms with E-state index in [1.165, 1.54) is 23.9 Å². The summed E-state index contributed by atoms with van der Waals surface area (Å²) in [6.07, 6.45) is 1.21. The number of benzene rings is 2. The van der Waals surface area contributed by atoms with E-state index in [1.807, 2.05) is 24.3 Å². The van der Waals surface area contributed by atoms with Crippen LogP contribution in [-0.4, -0.2) is 26.8 Å². The SMILES string of the molecule is C=CCSC1=NN2[C@H](C(=O)N1)c1ccccc1N[C@H]2c1cccc([N+](=O)[O-])c1. The molecule has 9 heteroatoms. The Morgan fingerprint density at radius 3 is 2.89 bits per heavy atom. The molecule has 4 rings (SSSR count). The maximum Gasteiger partial charge on any atom is 0.269 e. The second-order valence-electron chi connectivity index (χ2n) is 6.26. The van der Waals surface area contributed by atoms with Crippen molar-refractivity contribution in [2.24, 2.45) is 5.10 Å². The number of rotatable bonds is 4. The summed E-state index contributed by atoms with van der Waals surface area (Å²) in [5.41, 5.74) is 2.24. The van der Waals surface area contributed by atoms with Gasteiger partial charge in [0.2, 0.25) is 0 Å². The Morgan fingerprint density at radius 1 is 1.29 bits per heavy atom. The van der Waals surface area contributed by atoms with Crippen LogP contribution in [0.15, 0.2) is 66.3 Å². The molecular weight excluding hydrogens is 378 g/mol. The van der Waals surface area contributed by atoms with Crippen LogP contribution in [0.2, 0.25) is 0 Å². The minimum atomic E-state index is -0.630. The van der Waals surface area contributed by atoms with Crippen LogP contribution in [0.3, 0.4) is 0 Å². The third-order valence-corrected chi connectivity index (χ3v) is 5.36. The first-order valence-corrected chi connectivity index (χ1v) is 9.58. The van der Waals surface area contributed by atoms with Crippen molar-refractivity contribution in [2.75, 3.05) is 11.1 Å². The van der Waals surface area contributed by atoms with Crippen LogP contribution in [0.4, 0.5) is 11.4 Å². The van der Waals surface area contributed by atoms with E-state index in [4.69, 9.17) is 0 Å². The van der Waals surface area contributed by atoms with Crippen molar-refractivity contribution in [1.29, 1.82) is 0 Å². The summed E-state index contributed by atoms with van der Waals surface area (Å²) in [4.78, 5) is 23.7. The molecule has 0 saturated heterocycles. The number of hydrogen-bond donors (Lipinski definition) is 2. The quantitative estimate of drug-likeness (QED) is 0.468. The summed E-state index contributed by atoms with van der Waals surface area (Å²) < 4.78 is 0. The van der Waals surface area contributed by atoms with Crippen LogP contribution in [0, 0.1) is 10.1 Å². The second kappa shape index (κ2) is 7.35. The number of nitro groups is 1. The average Bonchev–Trinajstić information content (AvgIpc) is 2.71. The van der Waals surface area contributed by atoms with E-state index in [0.29, 0.717) is 16.5 Å². The lowest BCUT2D eigenvalue weighted by Crippen LogP contribution is -2.50. The predicted molar refractivity (Wildman–Crippen MR) is 109 cm³/mol. The fourth-order valence-corrected chi connectivity index (χ4v) is 3.90. The molecule has 0 spiro atoms. The van der Waals surface area contributed by atoms with Gasteiger partial charge in [-0.2, -0.15) is 0 Å². The van der Waals surface area contributed by atoms with Gasteiger partial charge in [0.25, 0.3) is 11.6 Å². The van der Waals surface area contributed by atoms with Crippen LogP contribution in [0.25, 0.3) is 0 Å². The molecule has 0 aromatic heterocycles. The Labute approximate surface area is 165 Å². The molecule has 2 aromatic rings. The average molecular weight is 395 g/mol. The normalized spacial score (nSPS) is 20.2. The van der Waals surface area contributed by atoms with Gasteiger partial charge in [0.05, 0.1) is 4.92 Å². The van der Waals surface area contributed by atoms with Gasteiger partial charge < -0.3 is 10.6 Å². The zero-order valence-electron chi connectivity index (χ0n) is 14.7. The van der Waals surface area contributed by atoms with Crippen LogP contribution in [0.5, 0.6) is 0 Å². The van der Waals surface area contributed by atoms with Crippen molar-refractivity contribution in [2.45, 2.75) is 12.2 Å². The Bertz CT molecular complexity index is 993. The van der Waals surface area contributed by atoms with Crippen molar-refractivity contribution < 1.29 is 9.72 Å². The predicted octanol–water partition coefficient (Wildman–Crippen LogP) is 3.38. The molecular formula is C19H17N5O3S. The monoisotopic (exact) mass is 395 g/mol. The molecule has 0 radical (unpaired) electrons. The summed E-state index contributed by atoms with van der Waals surface area (Å²) in [5, 5.41) is 24.2. The second-order valence-corrected chi connectivity index (χ2v) is 7.27. The van der Waals surface area contributed by atoms with E-state index in [-0.39, 0.29) is 11.6 Å². The van der Waals surface area contributed by atoms with Crippen molar-refractivity contribution in [3.63, 3.8) is 0 Å². The Kier molecular flexibility index (Phi) is 4.74. The fourth-order valence-electron chi connectivity index (χ4n) is 3.30. The summed E-state index contributed by atoms with van der Waals surface area (Å²) in [6.45, 7) is 3.69. The molecule has 2 N–H and O–H groups in total. The molecule has 2 aliphatic rings. The van der Waals surface area contributed by atoms with E-state index in [0.717, 1.165) is 11.3 Å². The number of carbonyl (C=O) groups excluding carboxylic acids is 1. The van der Waals surface area contributed by atoms with Crippen molar-refractivity contribution in [1.82, 2.24) is 10.3 Å². The minimum absolute atomic E-state index is 0.0126. The summed E-state index contributed by atoms with van der Waals surface area (Å²) in [7, 11) is 0. The number of carbonyl (C=O) groups is 1. The number of thioether (sulfide) groups is 1. The van der Waals surface area contributed by atoms with Gasteiger partial charge in [-0.05, 0) is 6.07 Å². The van der Waals surface area contributed by atoms with Crippen molar-refractivity contribution in [3.05, 3.63) is 82.4 Å². The molecule has 2 atom stereocenters. The molecule has 142 valence electrons. The third kappa shape index (κ3) is 3.20. The lowest BCUT2D eigenvalue weighted by Gasteiger charge is -2.43. The highest BCUT2D eigenvalue weighted by atomic mass is 32.2. The molecule has 1 amide bonds. The third-order valence-electron chi connectivity index (χ3n) is 4.50. The Morgan fingerprint density at radius 2 is 2.11 bits per heavy atom. The molecule has 8 nitrogen and oxygen atoms in total. The largest absolute Gasteiger partial charge is 0.360 e. The number of nitrogens with one attached hydrogen (secondary N) is 2. The molecule has 28 heavy (non-hydrogen) atoms. The number of nitrogens with zero attached hydrogens (tertiary/aromatic N) is 3. The smallest absolute Gasteiger partial charge is 0.269 e. The van der Waals surface area contributed by atoms with Gasteiger partial charge in [-0.15, -0.1) is 11.7 Å². The molecule has 0 unspecified atom stereocenters. The van der Waals surface area contributed by atoms with Crippen LogP contribution < -0.4 is 10.6 Å². The standard InChI is InChI=1S/C19H17N5O3S/c1-2-10-28-19-21-18(25)16-14-8-3-4-9-15(14)20-17(23(16)22-19)12-6-5-7-13(11-12)24(26)27/h2-9,11,16-17,20H,1,10H2,(H,21,22,25)/t16-,17+/m0/s1. The van der Waals surface area contributed by atoms with E-state index < -0.39 is 17.1 Å². The first kappa shape index (κ1) is 18.1. The van der Waals surface area contributed by atoms with E-state index >= 15 is 0 Å². The van der Waals surface area contributed by atoms with Crippen LogP contribution >= 0.6 is 11.8 Å².